The van der Waals surface area contributed by atoms with E-state index < -0.39 is 0 Å². The Labute approximate surface area is 70.9 Å². The molecule has 0 spiro atoms. The molecule has 1 nitrogen and oxygen atoms in total. The second-order valence-corrected chi connectivity index (χ2v) is 3.14. The van der Waals surface area contributed by atoms with Crippen LogP contribution in [0.5, 0.6) is 0 Å². The van der Waals surface area contributed by atoms with Gasteiger partial charge in [-0.3, -0.25) is 0 Å². The van der Waals surface area contributed by atoms with Crippen LogP contribution in [-0.4, -0.2) is 6.61 Å². The fraction of sp³-hybridized carbons (Fsp3) is 0.333. The molecule has 1 unspecified atom stereocenters. The van der Waals surface area contributed by atoms with Crippen molar-refractivity contribution in [3.8, 4) is 0 Å². The fourth-order valence-electron chi connectivity index (χ4n) is 1.18. The summed E-state index contributed by atoms with van der Waals surface area (Å²) in [6, 6.07) is 7.84. The van der Waals surface area contributed by atoms with Crippen LogP contribution in [0.4, 0.5) is 0 Å². The van der Waals surface area contributed by atoms with E-state index in [9.17, 15) is 0 Å². The van der Waals surface area contributed by atoms with Gasteiger partial charge in [0.05, 0.1) is 12.7 Å². The molecule has 1 aromatic rings. The van der Waals surface area contributed by atoms with Crippen LogP contribution in [0, 0.1) is 0 Å². The Balaban J connectivity index is 2.18. The van der Waals surface area contributed by atoms with Gasteiger partial charge >= 0.3 is 0 Å². The van der Waals surface area contributed by atoms with Crippen LogP contribution < -0.4 is 0 Å². The Hall–Kier alpha value is -0.530. The first-order valence-electron chi connectivity index (χ1n) is 3.73. The highest BCUT2D eigenvalue weighted by Crippen LogP contribution is 2.29. The molecular weight excluding hydrogens is 160 g/mol. The van der Waals surface area contributed by atoms with Crippen LogP contribution >= 0.6 is 11.6 Å². The lowest BCUT2D eigenvalue weighted by atomic mass is 10.0. The summed E-state index contributed by atoms with van der Waals surface area (Å²) < 4.78 is 5.31. The molecule has 0 aliphatic carbocycles. The highest BCUT2D eigenvalue weighted by molar-refractivity contribution is 6.30. The molecule has 1 heterocycles. The average Bonchev–Trinajstić information content (AvgIpc) is 1.90. The second kappa shape index (κ2) is 2.84. The van der Waals surface area contributed by atoms with E-state index in [4.69, 9.17) is 16.3 Å². The van der Waals surface area contributed by atoms with E-state index in [1.54, 1.807) is 0 Å². The Kier molecular flexibility index (Phi) is 1.84. The summed E-state index contributed by atoms with van der Waals surface area (Å²) in [6.45, 7) is 0.896. The average molecular weight is 169 g/mol. The molecule has 0 saturated carbocycles. The number of hydrogen-bond donors (Lipinski definition) is 0. The summed E-state index contributed by atoms with van der Waals surface area (Å²) in [4.78, 5) is 0. The molecule has 1 fully saturated rings. The molecule has 1 atom stereocenters. The smallest absolute Gasteiger partial charge is 0.0846 e. The molecule has 1 saturated heterocycles. The van der Waals surface area contributed by atoms with Crippen LogP contribution in [0.1, 0.15) is 18.1 Å². The summed E-state index contributed by atoms with van der Waals surface area (Å²) in [5.41, 5.74) is 1.24. The minimum atomic E-state index is 0.326. The Morgan fingerprint density at radius 2 is 1.91 bits per heavy atom. The quantitative estimate of drug-likeness (QED) is 0.627. The van der Waals surface area contributed by atoms with Crippen molar-refractivity contribution in [2.45, 2.75) is 12.5 Å². The van der Waals surface area contributed by atoms with Crippen molar-refractivity contribution in [2.75, 3.05) is 6.61 Å². The Morgan fingerprint density at radius 1 is 1.27 bits per heavy atom. The van der Waals surface area contributed by atoms with Gasteiger partial charge in [0.15, 0.2) is 0 Å². The molecule has 0 amide bonds. The third-order valence-corrected chi connectivity index (χ3v) is 2.19. The van der Waals surface area contributed by atoms with Crippen molar-refractivity contribution in [2.24, 2.45) is 0 Å². The highest BCUT2D eigenvalue weighted by atomic mass is 35.5. The molecule has 2 rings (SSSR count). The highest BCUT2D eigenvalue weighted by Gasteiger charge is 2.19. The lowest BCUT2D eigenvalue weighted by Gasteiger charge is -2.26. The molecule has 58 valence electrons. The van der Waals surface area contributed by atoms with E-state index in [2.05, 4.69) is 0 Å². The van der Waals surface area contributed by atoms with Crippen LogP contribution in [-0.2, 0) is 4.74 Å². The molecule has 2 heteroatoms. The first-order valence-corrected chi connectivity index (χ1v) is 4.11. The van der Waals surface area contributed by atoms with Crippen LogP contribution in [0.25, 0.3) is 0 Å². The first kappa shape index (κ1) is 7.14. The van der Waals surface area contributed by atoms with Crippen molar-refractivity contribution in [1.29, 1.82) is 0 Å². The molecule has 0 radical (unpaired) electrons. The van der Waals surface area contributed by atoms with Gasteiger partial charge in [0.2, 0.25) is 0 Å². The SMILES string of the molecule is Clc1ccc(C2CCO2)cc1. The van der Waals surface area contributed by atoms with Crippen molar-refractivity contribution >= 4 is 11.6 Å². The summed E-state index contributed by atoms with van der Waals surface area (Å²) in [7, 11) is 0. The molecule has 1 aliphatic heterocycles. The van der Waals surface area contributed by atoms with Gasteiger partial charge in [0.1, 0.15) is 0 Å². The number of hydrogen-bond acceptors (Lipinski definition) is 1. The monoisotopic (exact) mass is 168 g/mol. The zero-order valence-corrected chi connectivity index (χ0v) is 6.84. The van der Waals surface area contributed by atoms with E-state index in [0.29, 0.717) is 6.10 Å². The molecule has 11 heavy (non-hydrogen) atoms. The van der Waals surface area contributed by atoms with E-state index in [1.165, 1.54) is 5.56 Å². The second-order valence-electron chi connectivity index (χ2n) is 2.70. The fourth-order valence-corrected chi connectivity index (χ4v) is 1.30. The summed E-state index contributed by atoms with van der Waals surface area (Å²) in [5, 5.41) is 0.785. The van der Waals surface area contributed by atoms with E-state index in [-0.39, 0.29) is 0 Å². The van der Waals surface area contributed by atoms with Crippen LogP contribution in [0.3, 0.4) is 0 Å². The largest absolute Gasteiger partial charge is 0.373 e. The third-order valence-electron chi connectivity index (χ3n) is 1.94. The van der Waals surface area contributed by atoms with Crippen LogP contribution in [0.2, 0.25) is 5.02 Å². The maximum atomic E-state index is 5.74. The Morgan fingerprint density at radius 3 is 2.36 bits per heavy atom. The van der Waals surface area contributed by atoms with E-state index >= 15 is 0 Å². The Bertz CT molecular complexity index is 238. The van der Waals surface area contributed by atoms with Crippen molar-refractivity contribution in [1.82, 2.24) is 0 Å². The van der Waals surface area contributed by atoms with Crippen LogP contribution in [0.15, 0.2) is 24.3 Å². The van der Waals surface area contributed by atoms with Gasteiger partial charge < -0.3 is 4.74 Å². The van der Waals surface area contributed by atoms with Gasteiger partial charge in [-0.1, -0.05) is 23.7 Å². The van der Waals surface area contributed by atoms with Gasteiger partial charge in [0.25, 0.3) is 0 Å². The normalized spacial score (nSPS) is 22.8. The van der Waals surface area contributed by atoms with Gasteiger partial charge in [0, 0.05) is 11.4 Å². The molecule has 1 aromatic carbocycles. The standard InChI is InChI=1S/C9H9ClO/c10-8-3-1-7(2-4-8)9-5-6-11-9/h1-4,9H,5-6H2. The maximum absolute atomic E-state index is 5.74. The first-order chi connectivity index (χ1) is 5.36. The van der Waals surface area contributed by atoms with E-state index in [1.807, 2.05) is 24.3 Å². The minimum Gasteiger partial charge on any atom is -0.373 e. The number of benzene rings is 1. The van der Waals surface area contributed by atoms with Gasteiger partial charge in [-0.15, -0.1) is 0 Å². The van der Waals surface area contributed by atoms with Gasteiger partial charge in [-0.05, 0) is 17.7 Å². The number of ether oxygens (including phenoxy) is 1. The van der Waals surface area contributed by atoms with Crippen molar-refractivity contribution in [3.05, 3.63) is 34.9 Å². The molecule has 0 bridgehead atoms. The zero-order valence-electron chi connectivity index (χ0n) is 6.09. The molecular formula is C9H9ClO. The lowest BCUT2D eigenvalue weighted by molar-refractivity contribution is -0.0527. The molecule has 0 N–H and O–H groups in total. The van der Waals surface area contributed by atoms with Crippen molar-refractivity contribution in [3.63, 3.8) is 0 Å². The topological polar surface area (TPSA) is 9.23 Å². The number of rotatable bonds is 1. The molecule has 1 aliphatic rings. The van der Waals surface area contributed by atoms with Crippen molar-refractivity contribution < 1.29 is 4.74 Å². The minimum absolute atomic E-state index is 0.326. The zero-order chi connectivity index (χ0) is 7.68. The number of halogens is 1. The van der Waals surface area contributed by atoms with Gasteiger partial charge in [-0.25, -0.2) is 0 Å². The third kappa shape index (κ3) is 1.39. The maximum Gasteiger partial charge on any atom is 0.0846 e. The molecule has 0 aromatic heterocycles. The summed E-state index contributed by atoms with van der Waals surface area (Å²) >= 11 is 5.74. The van der Waals surface area contributed by atoms with Gasteiger partial charge in [-0.2, -0.15) is 0 Å². The van der Waals surface area contributed by atoms with E-state index in [0.717, 1.165) is 18.1 Å². The summed E-state index contributed by atoms with van der Waals surface area (Å²) in [5.74, 6) is 0. The lowest BCUT2D eigenvalue weighted by Crippen LogP contribution is -2.17. The summed E-state index contributed by atoms with van der Waals surface area (Å²) in [6.07, 6.45) is 1.47. The predicted molar refractivity (Wildman–Crippen MR) is 44.8 cm³/mol. The predicted octanol–water partition coefficient (Wildman–Crippen LogP) is 2.80.